The minimum atomic E-state index is -0.404. The molecule has 0 N–H and O–H groups in total. The predicted octanol–water partition coefficient (Wildman–Crippen LogP) is 4.47. The molecule has 0 fully saturated rings. The van der Waals surface area contributed by atoms with Gasteiger partial charge in [0.2, 0.25) is 0 Å². The van der Waals surface area contributed by atoms with Crippen LogP contribution in [0.2, 0.25) is 0 Å². The number of hydrogen-bond donors (Lipinski definition) is 0. The van der Waals surface area contributed by atoms with E-state index in [-0.39, 0.29) is 5.78 Å². The molecule has 0 aliphatic heterocycles. The van der Waals surface area contributed by atoms with E-state index in [2.05, 4.69) is 28.1 Å². The molecule has 0 aromatic heterocycles. The fourth-order valence-corrected chi connectivity index (χ4v) is 1.92. The summed E-state index contributed by atoms with van der Waals surface area (Å²) >= 11 is 3.42. The molecule has 0 aliphatic rings. The molecule has 2 rings (SSSR count). The Morgan fingerprint density at radius 3 is 1.95 bits per heavy atom. The van der Waals surface area contributed by atoms with Crippen LogP contribution in [0.25, 0.3) is 11.1 Å². The monoisotopic (exact) mass is 318 g/mol. The van der Waals surface area contributed by atoms with Gasteiger partial charge in [0.25, 0.3) is 0 Å². The molecule has 2 nitrogen and oxygen atoms in total. The first-order chi connectivity index (χ1) is 9.06. The van der Waals surface area contributed by atoms with Gasteiger partial charge < -0.3 is 4.74 Å². The number of carbonyl (C=O) groups is 1. The van der Waals surface area contributed by atoms with E-state index in [0.717, 1.165) is 15.6 Å². The summed E-state index contributed by atoms with van der Waals surface area (Å²) < 4.78 is 6.59. The molecule has 0 aliphatic carbocycles. The lowest BCUT2D eigenvalue weighted by molar-refractivity contribution is -0.122. The fourth-order valence-electron chi connectivity index (χ4n) is 1.66. The fraction of sp³-hybridized carbons (Fsp3) is 0.188. The van der Waals surface area contributed by atoms with Gasteiger partial charge in [0.15, 0.2) is 11.9 Å². The van der Waals surface area contributed by atoms with Crippen LogP contribution >= 0.6 is 15.9 Å². The van der Waals surface area contributed by atoms with E-state index in [1.165, 1.54) is 6.92 Å². The Kier molecular flexibility index (Phi) is 4.38. The lowest BCUT2D eigenvalue weighted by Crippen LogP contribution is -2.20. The molecular weight excluding hydrogens is 304 g/mol. The number of halogens is 1. The summed E-state index contributed by atoms with van der Waals surface area (Å²) in [5, 5.41) is 0. The maximum absolute atomic E-state index is 11.1. The molecule has 2 aromatic carbocycles. The Bertz CT molecular complexity index is 558. The Balaban J connectivity index is 2.14. The highest BCUT2D eigenvalue weighted by Crippen LogP contribution is 2.24. The lowest BCUT2D eigenvalue weighted by atomic mass is 10.1. The molecule has 0 spiro atoms. The van der Waals surface area contributed by atoms with Crippen molar-refractivity contribution in [3.8, 4) is 16.9 Å². The van der Waals surface area contributed by atoms with Crippen molar-refractivity contribution in [1.29, 1.82) is 0 Å². The molecule has 3 heteroatoms. The van der Waals surface area contributed by atoms with E-state index < -0.39 is 6.10 Å². The van der Waals surface area contributed by atoms with Gasteiger partial charge in [-0.1, -0.05) is 40.2 Å². The first-order valence-electron chi connectivity index (χ1n) is 6.09. The third kappa shape index (κ3) is 3.67. The summed E-state index contributed by atoms with van der Waals surface area (Å²) in [4.78, 5) is 11.1. The van der Waals surface area contributed by atoms with E-state index in [1.54, 1.807) is 6.92 Å². The minimum absolute atomic E-state index is 0.0250. The summed E-state index contributed by atoms with van der Waals surface area (Å²) in [6.07, 6.45) is -0.404. The maximum atomic E-state index is 11.1. The van der Waals surface area contributed by atoms with Crippen molar-refractivity contribution in [3.05, 3.63) is 53.0 Å². The second-order valence-corrected chi connectivity index (χ2v) is 5.32. The van der Waals surface area contributed by atoms with E-state index in [4.69, 9.17) is 4.74 Å². The number of ketones is 1. The van der Waals surface area contributed by atoms with Crippen molar-refractivity contribution in [2.24, 2.45) is 0 Å². The summed E-state index contributed by atoms with van der Waals surface area (Å²) in [5.41, 5.74) is 2.27. The molecule has 0 heterocycles. The van der Waals surface area contributed by atoms with E-state index in [1.807, 2.05) is 36.4 Å². The first-order valence-corrected chi connectivity index (χ1v) is 6.88. The summed E-state index contributed by atoms with van der Waals surface area (Å²) in [6.45, 7) is 3.28. The van der Waals surface area contributed by atoms with Gasteiger partial charge in [-0.25, -0.2) is 0 Å². The van der Waals surface area contributed by atoms with Crippen LogP contribution in [0.5, 0.6) is 5.75 Å². The third-order valence-electron chi connectivity index (χ3n) is 2.92. The number of rotatable bonds is 4. The zero-order chi connectivity index (χ0) is 13.8. The quantitative estimate of drug-likeness (QED) is 0.831. The van der Waals surface area contributed by atoms with Gasteiger partial charge in [-0.2, -0.15) is 0 Å². The highest BCUT2D eigenvalue weighted by molar-refractivity contribution is 9.10. The molecule has 1 unspecified atom stereocenters. The second-order valence-electron chi connectivity index (χ2n) is 4.40. The number of ether oxygens (including phenoxy) is 1. The Morgan fingerprint density at radius 2 is 1.47 bits per heavy atom. The van der Waals surface area contributed by atoms with Gasteiger partial charge in [-0.15, -0.1) is 0 Å². The zero-order valence-electron chi connectivity index (χ0n) is 10.9. The molecule has 0 radical (unpaired) electrons. The highest BCUT2D eigenvalue weighted by atomic mass is 79.9. The van der Waals surface area contributed by atoms with E-state index >= 15 is 0 Å². The first kappa shape index (κ1) is 13.8. The average Bonchev–Trinajstić information content (AvgIpc) is 2.40. The molecule has 2 aromatic rings. The third-order valence-corrected chi connectivity index (χ3v) is 3.45. The van der Waals surface area contributed by atoms with Crippen LogP contribution in [-0.4, -0.2) is 11.9 Å². The van der Waals surface area contributed by atoms with E-state index in [0.29, 0.717) is 5.75 Å². The summed E-state index contributed by atoms with van der Waals surface area (Å²) in [7, 11) is 0. The Morgan fingerprint density at radius 1 is 1.00 bits per heavy atom. The summed E-state index contributed by atoms with van der Waals surface area (Å²) in [6, 6.07) is 15.9. The lowest BCUT2D eigenvalue weighted by Gasteiger charge is -2.12. The Hall–Kier alpha value is -1.61. The van der Waals surface area contributed by atoms with Crippen molar-refractivity contribution in [3.63, 3.8) is 0 Å². The van der Waals surface area contributed by atoms with Crippen LogP contribution in [0.1, 0.15) is 13.8 Å². The topological polar surface area (TPSA) is 26.3 Å². The molecule has 19 heavy (non-hydrogen) atoms. The summed E-state index contributed by atoms with van der Waals surface area (Å²) in [5.74, 6) is 0.737. The number of Topliss-reactive ketones (excluding diaryl/α,β-unsaturated/α-hetero) is 1. The minimum Gasteiger partial charge on any atom is -0.483 e. The van der Waals surface area contributed by atoms with Crippen LogP contribution in [0.4, 0.5) is 0 Å². The predicted molar refractivity (Wildman–Crippen MR) is 80.3 cm³/mol. The van der Waals surface area contributed by atoms with Gasteiger partial charge in [-0.3, -0.25) is 4.79 Å². The van der Waals surface area contributed by atoms with Gasteiger partial charge in [0.05, 0.1) is 0 Å². The Labute approximate surface area is 121 Å². The van der Waals surface area contributed by atoms with Crippen molar-refractivity contribution in [2.45, 2.75) is 20.0 Å². The molecule has 0 amide bonds. The van der Waals surface area contributed by atoms with Crippen LogP contribution in [-0.2, 0) is 4.79 Å². The highest BCUT2D eigenvalue weighted by Gasteiger charge is 2.08. The smallest absolute Gasteiger partial charge is 0.169 e. The molecule has 98 valence electrons. The van der Waals surface area contributed by atoms with Gasteiger partial charge in [-0.05, 0) is 49.2 Å². The van der Waals surface area contributed by atoms with Crippen molar-refractivity contribution in [1.82, 2.24) is 0 Å². The normalized spacial score (nSPS) is 11.9. The molecule has 1 atom stereocenters. The average molecular weight is 319 g/mol. The molecule has 0 saturated heterocycles. The number of hydrogen-bond acceptors (Lipinski definition) is 2. The molecule has 0 bridgehead atoms. The second kappa shape index (κ2) is 6.02. The molecular formula is C16H15BrO2. The van der Waals surface area contributed by atoms with Crippen LogP contribution < -0.4 is 4.74 Å². The zero-order valence-corrected chi connectivity index (χ0v) is 12.5. The van der Waals surface area contributed by atoms with Gasteiger partial charge in [0.1, 0.15) is 5.75 Å². The maximum Gasteiger partial charge on any atom is 0.169 e. The number of carbonyl (C=O) groups excluding carboxylic acids is 1. The standard InChI is InChI=1S/C16H15BrO2/c1-11(18)12(2)19-16-9-5-14(6-10-16)13-3-7-15(17)8-4-13/h3-10,12H,1-2H3. The van der Waals surface area contributed by atoms with E-state index in [9.17, 15) is 4.79 Å². The van der Waals surface area contributed by atoms with Crippen LogP contribution in [0.3, 0.4) is 0 Å². The van der Waals surface area contributed by atoms with Crippen LogP contribution in [0.15, 0.2) is 53.0 Å². The van der Waals surface area contributed by atoms with Gasteiger partial charge >= 0.3 is 0 Å². The van der Waals surface area contributed by atoms with Crippen molar-refractivity contribution >= 4 is 21.7 Å². The van der Waals surface area contributed by atoms with Crippen molar-refractivity contribution < 1.29 is 9.53 Å². The molecule has 0 saturated carbocycles. The largest absolute Gasteiger partial charge is 0.483 e. The SMILES string of the molecule is CC(=O)C(C)Oc1ccc(-c2ccc(Br)cc2)cc1. The van der Waals surface area contributed by atoms with Gasteiger partial charge in [0, 0.05) is 4.47 Å². The van der Waals surface area contributed by atoms with Crippen LogP contribution in [0, 0.1) is 0 Å². The number of benzene rings is 2. The van der Waals surface area contributed by atoms with Crippen molar-refractivity contribution in [2.75, 3.05) is 0 Å².